The van der Waals surface area contributed by atoms with Gasteiger partial charge in [0.1, 0.15) is 12.2 Å². The molecule has 0 fully saturated rings. The van der Waals surface area contributed by atoms with Gasteiger partial charge >= 0.3 is 5.97 Å². The number of hydrogen-bond donors (Lipinski definition) is 3. The highest BCUT2D eigenvalue weighted by Gasteiger charge is 2.06. The summed E-state index contributed by atoms with van der Waals surface area (Å²) in [7, 11) is 0. The number of amides is 1. The fourth-order valence-electron chi connectivity index (χ4n) is 1.09. The van der Waals surface area contributed by atoms with Crippen LogP contribution in [0.3, 0.4) is 0 Å². The molecular weight excluding hydrogens is 210 g/mol. The zero-order valence-corrected chi connectivity index (χ0v) is 8.86. The zero-order chi connectivity index (χ0) is 12.0. The summed E-state index contributed by atoms with van der Waals surface area (Å²) < 4.78 is 0. The van der Waals surface area contributed by atoms with Crippen molar-refractivity contribution in [3.63, 3.8) is 0 Å². The van der Waals surface area contributed by atoms with Gasteiger partial charge in [-0.05, 0) is 19.1 Å². The molecule has 3 N–H and O–H groups in total. The van der Waals surface area contributed by atoms with Crippen LogP contribution < -0.4 is 10.6 Å². The molecule has 1 heterocycles. The van der Waals surface area contributed by atoms with Gasteiger partial charge < -0.3 is 15.7 Å². The van der Waals surface area contributed by atoms with Gasteiger partial charge in [-0.15, -0.1) is 0 Å². The summed E-state index contributed by atoms with van der Waals surface area (Å²) in [5.74, 6) is -1.24. The first-order chi connectivity index (χ1) is 7.63. The highest BCUT2D eigenvalue weighted by Crippen LogP contribution is 2.07. The number of nitrogens with one attached hydrogen (secondary N) is 2. The third-order valence-electron chi connectivity index (χ3n) is 1.77. The van der Waals surface area contributed by atoms with Crippen LogP contribution in [0.15, 0.2) is 18.3 Å². The molecule has 0 aliphatic carbocycles. The summed E-state index contributed by atoms with van der Waals surface area (Å²) in [6.45, 7) is 2.14. The third kappa shape index (κ3) is 3.56. The van der Waals surface area contributed by atoms with Crippen LogP contribution in [0.2, 0.25) is 0 Å². The van der Waals surface area contributed by atoms with Gasteiger partial charge in [0.05, 0.1) is 0 Å². The first kappa shape index (κ1) is 12.0. The topological polar surface area (TPSA) is 91.3 Å². The van der Waals surface area contributed by atoms with Crippen molar-refractivity contribution in [2.45, 2.75) is 6.92 Å². The molecule has 0 aromatic carbocycles. The summed E-state index contributed by atoms with van der Waals surface area (Å²) in [6.07, 6.45) is 1.45. The number of carboxylic acids is 1. The highest BCUT2D eigenvalue weighted by atomic mass is 16.4. The van der Waals surface area contributed by atoms with Crippen LogP contribution in [0.5, 0.6) is 0 Å². The van der Waals surface area contributed by atoms with Crippen LogP contribution in [0.25, 0.3) is 0 Å². The summed E-state index contributed by atoms with van der Waals surface area (Å²) in [6, 6.07) is 3.11. The molecule has 0 aliphatic heterocycles. The van der Waals surface area contributed by atoms with Crippen LogP contribution in [0.4, 0.5) is 5.69 Å². The van der Waals surface area contributed by atoms with Gasteiger partial charge in [-0.2, -0.15) is 0 Å². The highest BCUT2D eigenvalue weighted by molar-refractivity contribution is 5.93. The Bertz CT molecular complexity index is 393. The molecule has 16 heavy (non-hydrogen) atoms. The van der Waals surface area contributed by atoms with Gasteiger partial charge in [0, 0.05) is 18.4 Å². The van der Waals surface area contributed by atoms with Crippen molar-refractivity contribution in [3.8, 4) is 0 Å². The Balaban J connectivity index is 2.70. The molecule has 0 saturated carbocycles. The molecule has 86 valence electrons. The minimum Gasteiger partial charge on any atom is -0.480 e. The third-order valence-corrected chi connectivity index (χ3v) is 1.77. The van der Waals surface area contributed by atoms with Crippen molar-refractivity contribution in [2.24, 2.45) is 0 Å². The molecule has 0 bridgehead atoms. The maximum atomic E-state index is 11.4. The molecule has 0 unspecified atom stereocenters. The summed E-state index contributed by atoms with van der Waals surface area (Å²) in [4.78, 5) is 25.6. The minimum absolute atomic E-state index is 0.196. The van der Waals surface area contributed by atoms with Gasteiger partial charge in [-0.1, -0.05) is 0 Å². The fraction of sp³-hybridized carbons (Fsp3) is 0.300. The lowest BCUT2D eigenvalue weighted by atomic mass is 10.3. The quantitative estimate of drug-likeness (QED) is 0.669. The van der Waals surface area contributed by atoms with Crippen LogP contribution in [0, 0.1) is 0 Å². The van der Waals surface area contributed by atoms with E-state index < -0.39 is 5.97 Å². The van der Waals surface area contributed by atoms with Crippen LogP contribution in [-0.2, 0) is 4.79 Å². The van der Waals surface area contributed by atoms with Crippen LogP contribution >= 0.6 is 0 Å². The molecule has 6 heteroatoms. The first-order valence-electron chi connectivity index (χ1n) is 4.83. The lowest BCUT2D eigenvalue weighted by molar-refractivity contribution is -0.134. The Morgan fingerprint density at radius 2 is 2.25 bits per heavy atom. The number of pyridine rings is 1. The predicted octanol–water partition coefficient (Wildman–Crippen LogP) is 0.328. The molecular formula is C10H13N3O3. The molecule has 1 aromatic rings. The number of anilines is 1. The van der Waals surface area contributed by atoms with Crippen molar-refractivity contribution in [1.82, 2.24) is 10.3 Å². The summed E-state index contributed by atoms with van der Waals surface area (Å²) >= 11 is 0. The number of aromatic nitrogens is 1. The number of nitrogens with zero attached hydrogens (tertiary/aromatic N) is 1. The largest absolute Gasteiger partial charge is 0.480 e. The maximum absolute atomic E-state index is 11.4. The van der Waals surface area contributed by atoms with Crippen molar-refractivity contribution in [1.29, 1.82) is 0 Å². The van der Waals surface area contributed by atoms with Gasteiger partial charge in [0.25, 0.3) is 5.91 Å². The predicted molar refractivity (Wildman–Crippen MR) is 58.4 cm³/mol. The van der Waals surface area contributed by atoms with Gasteiger partial charge in [0.15, 0.2) is 0 Å². The number of carbonyl (C=O) groups excluding carboxylic acids is 1. The standard InChI is InChI=1S/C10H13N3O3/c1-2-11-10(16)8-5-7(3-4-12-8)13-6-9(14)15/h3-5H,2,6H2,1H3,(H,11,16)(H,12,13)(H,14,15). The lowest BCUT2D eigenvalue weighted by Crippen LogP contribution is -2.23. The van der Waals surface area contributed by atoms with E-state index in [4.69, 9.17) is 5.11 Å². The number of carbonyl (C=O) groups is 2. The van der Waals surface area contributed by atoms with Crippen molar-refractivity contribution in [2.75, 3.05) is 18.4 Å². The summed E-state index contributed by atoms with van der Waals surface area (Å²) in [5.41, 5.74) is 0.816. The Morgan fingerprint density at radius 3 is 2.88 bits per heavy atom. The SMILES string of the molecule is CCNC(=O)c1cc(NCC(=O)O)ccn1. The number of aliphatic carboxylic acids is 1. The van der Waals surface area contributed by atoms with Gasteiger partial charge in [-0.3, -0.25) is 14.6 Å². The van der Waals surface area contributed by atoms with Crippen molar-refractivity contribution >= 4 is 17.6 Å². The Hall–Kier alpha value is -2.11. The summed E-state index contributed by atoms with van der Waals surface area (Å²) in [5, 5.41) is 13.8. The van der Waals surface area contributed by atoms with E-state index in [1.165, 1.54) is 12.3 Å². The zero-order valence-electron chi connectivity index (χ0n) is 8.86. The first-order valence-corrected chi connectivity index (χ1v) is 4.83. The van der Waals surface area contributed by atoms with Crippen molar-refractivity contribution in [3.05, 3.63) is 24.0 Å². The average molecular weight is 223 g/mol. The number of rotatable bonds is 5. The van der Waals surface area contributed by atoms with Crippen molar-refractivity contribution < 1.29 is 14.7 Å². The molecule has 0 radical (unpaired) electrons. The van der Waals surface area contributed by atoms with Gasteiger partial charge in [0.2, 0.25) is 0 Å². The van der Waals surface area contributed by atoms with E-state index in [0.717, 1.165) is 0 Å². The molecule has 6 nitrogen and oxygen atoms in total. The number of hydrogen-bond acceptors (Lipinski definition) is 4. The normalized spacial score (nSPS) is 9.56. The molecule has 0 atom stereocenters. The molecule has 1 aromatic heterocycles. The smallest absolute Gasteiger partial charge is 0.322 e. The molecule has 0 spiro atoms. The molecule has 0 aliphatic rings. The second kappa shape index (κ2) is 5.69. The second-order valence-corrected chi connectivity index (χ2v) is 3.04. The van der Waals surface area contributed by atoms with E-state index in [0.29, 0.717) is 12.2 Å². The van der Waals surface area contributed by atoms with Gasteiger partial charge in [-0.25, -0.2) is 0 Å². The van der Waals surface area contributed by atoms with E-state index in [2.05, 4.69) is 15.6 Å². The fourth-order valence-corrected chi connectivity index (χ4v) is 1.09. The Kier molecular flexibility index (Phi) is 4.26. The molecule has 1 rings (SSSR count). The number of carboxylic acid groups (broad SMARTS) is 1. The van der Waals surface area contributed by atoms with E-state index >= 15 is 0 Å². The minimum atomic E-state index is -0.962. The Labute approximate surface area is 92.7 Å². The molecule has 1 amide bonds. The average Bonchev–Trinajstić information content (AvgIpc) is 2.27. The van der Waals surface area contributed by atoms with Crippen LogP contribution in [-0.4, -0.2) is 35.1 Å². The monoisotopic (exact) mass is 223 g/mol. The maximum Gasteiger partial charge on any atom is 0.322 e. The molecule has 0 saturated heterocycles. The lowest BCUT2D eigenvalue weighted by Gasteiger charge is -2.05. The van der Waals surface area contributed by atoms with E-state index in [1.807, 2.05) is 6.92 Å². The van der Waals surface area contributed by atoms with E-state index in [9.17, 15) is 9.59 Å². The van der Waals surface area contributed by atoms with E-state index in [-0.39, 0.29) is 18.1 Å². The Morgan fingerprint density at radius 1 is 1.50 bits per heavy atom. The van der Waals surface area contributed by atoms with Crippen LogP contribution in [0.1, 0.15) is 17.4 Å². The second-order valence-electron chi connectivity index (χ2n) is 3.04. The van der Waals surface area contributed by atoms with E-state index in [1.54, 1.807) is 6.07 Å².